The van der Waals surface area contributed by atoms with Crippen molar-refractivity contribution in [2.24, 2.45) is 22.5 Å². The average molecular weight is 489 g/mol. The van der Waals surface area contributed by atoms with Crippen LogP contribution in [0.4, 0.5) is 0 Å². The van der Waals surface area contributed by atoms with Crippen LogP contribution in [0.1, 0.15) is 78.2 Å². The number of hydrogen-bond donors (Lipinski definition) is 3. The molecule has 1 saturated heterocycles. The Morgan fingerprint density at radius 2 is 1.86 bits per heavy atom. The standard InChI is InChI=1S/C18H29NO3.C9H11NO3/c1-5-15(20)19-10-6-7-13(19)16(21)22-14-11-12-8-9-18(14,4)17(12,2)3;10-9(13)4-2-6-1-3-7(11)8(12)5-6/h12-14H,5-11H2,1-4H3;1,3,5,11-12H,2,4H2,(H2,10,13). The van der Waals surface area contributed by atoms with Crippen molar-refractivity contribution in [3.05, 3.63) is 23.8 Å². The monoisotopic (exact) mass is 488 g/mol. The number of amides is 2. The van der Waals surface area contributed by atoms with Crippen LogP contribution in [0.3, 0.4) is 0 Å². The van der Waals surface area contributed by atoms with Crippen molar-refractivity contribution in [2.45, 2.75) is 91.2 Å². The van der Waals surface area contributed by atoms with Gasteiger partial charge in [-0.05, 0) is 67.6 Å². The maximum atomic E-state index is 12.6. The second-order valence-electron chi connectivity index (χ2n) is 10.9. The van der Waals surface area contributed by atoms with Gasteiger partial charge < -0.3 is 25.6 Å². The first-order chi connectivity index (χ1) is 16.4. The summed E-state index contributed by atoms with van der Waals surface area (Å²) in [6, 6.07) is 4.08. The highest BCUT2D eigenvalue weighted by molar-refractivity contribution is 5.85. The number of nitrogens with two attached hydrogens (primary N) is 1. The van der Waals surface area contributed by atoms with E-state index in [9.17, 15) is 14.4 Å². The number of benzene rings is 1. The van der Waals surface area contributed by atoms with Crippen LogP contribution in [-0.4, -0.2) is 51.6 Å². The Hall–Kier alpha value is -2.77. The summed E-state index contributed by atoms with van der Waals surface area (Å²) in [7, 11) is 0. The summed E-state index contributed by atoms with van der Waals surface area (Å²) in [6.07, 6.45) is 6.24. The number of likely N-dealkylation sites (tertiary alicyclic amines) is 1. The van der Waals surface area contributed by atoms with Gasteiger partial charge in [0.15, 0.2) is 11.5 Å². The first-order valence-electron chi connectivity index (χ1n) is 12.7. The molecule has 2 amide bonds. The highest BCUT2D eigenvalue weighted by atomic mass is 16.5. The van der Waals surface area contributed by atoms with Crippen molar-refractivity contribution in [3.63, 3.8) is 0 Å². The molecule has 0 radical (unpaired) electrons. The second-order valence-corrected chi connectivity index (χ2v) is 10.9. The van der Waals surface area contributed by atoms with Gasteiger partial charge in [0, 0.05) is 24.8 Å². The summed E-state index contributed by atoms with van der Waals surface area (Å²) in [5, 5.41) is 18.1. The molecule has 8 nitrogen and oxygen atoms in total. The molecule has 2 aliphatic carbocycles. The SMILES string of the molecule is CCC(=O)N1CCCC1C(=O)OC1CC2CCC1(C)C2(C)C.NC(=O)CCc1ccc(O)c(O)c1. The lowest BCUT2D eigenvalue weighted by molar-refractivity contribution is -0.164. The number of aryl methyl sites for hydroxylation is 1. The first kappa shape index (κ1) is 26.8. The Labute approximate surface area is 207 Å². The molecule has 1 heterocycles. The van der Waals surface area contributed by atoms with E-state index >= 15 is 0 Å². The highest BCUT2D eigenvalue weighted by Crippen LogP contribution is 2.66. The zero-order valence-electron chi connectivity index (χ0n) is 21.4. The fourth-order valence-electron chi connectivity index (χ4n) is 6.03. The van der Waals surface area contributed by atoms with Gasteiger partial charge in [-0.15, -0.1) is 0 Å². The van der Waals surface area contributed by atoms with Gasteiger partial charge in [0.25, 0.3) is 0 Å². The number of fused-ring (bicyclic) bond motifs is 2. The van der Waals surface area contributed by atoms with E-state index in [1.165, 1.54) is 18.6 Å². The smallest absolute Gasteiger partial charge is 0.329 e. The van der Waals surface area contributed by atoms with Crippen LogP contribution >= 0.6 is 0 Å². The third-order valence-corrected chi connectivity index (χ3v) is 8.82. The van der Waals surface area contributed by atoms with Gasteiger partial charge >= 0.3 is 5.97 Å². The number of aromatic hydroxyl groups is 2. The fourth-order valence-corrected chi connectivity index (χ4v) is 6.03. The van der Waals surface area contributed by atoms with E-state index in [-0.39, 0.29) is 58.7 Å². The van der Waals surface area contributed by atoms with Gasteiger partial charge in [-0.2, -0.15) is 0 Å². The lowest BCUT2D eigenvalue weighted by Gasteiger charge is -2.39. The predicted octanol–water partition coefficient (Wildman–Crippen LogP) is 3.66. The third kappa shape index (κ3) is 5.41. The minimum absolute atomic E-state index is 0.0212. The van der Waals surface area contributed by atoms with Crippen LogP contribution in [0.5, 0.6) is 11.5 Å². The Morgan fingerprint density at radius 1 is 1.14 bits per heavy atom. The number of phenols is 2. The summed E-state index contributed by atoms with van der Waals surface area (Å²) < 4.78 is 5.96. The molecule has 3 aliphatic rings. The molecule has 1 aromatic carbocycles. The molecule has 0 aromatic heterocycles. The zero-order chi connectivity index (χ0) is 26.0. The van der Waals surface area contributed by atoms with E-state index in [1.54, 1.807) is 11.0 Å². The Balaban J connectivity index is 0.000000225. The fraction of sp³-hybridized carbons (Fsp3) is 0.667. The number of primary amides is 1. The van der Waals surface area contributed by atoms with E-state index in [0.717, 1.165) is 31.2 Å². The molecule has 2 saturated carbocycles. The van der Waals surface area contributed by atoms with Gasteiger partial charge in [0.1, 0.15) is 12.1 Å². The molecule has 4 N–H and O–H groups in total. The number of hydrogen-bond acceptors (Lipinski definition) is 6. The maximum absolute atomic E-state index is 12.6. The van der Waals surface area contributed by atoms with Crippen LogP contribution in [0.25, 0.3) is 0 Å². The molecule has 0 spiro atoms. The minimum atomic E-state index is -0.382. The van der Waals surface area contributed by atoms with Gasteiger partial charge in [0.2, 0.25) is 11.8 Å². The number of phenolic OH excluding ortho intramolecular Hbond substituents is 2. The predicted molar refractivity (Wildman–Crippen MR) is 131 cm³/mol. The first-order valence-corrected chi connectivity index (χ1v) is 12.7. The summed E-state index contributed by atoms with van der Waals surface area (Å²) in [5.74, 6) is -0.169. The largest absolute Gasteiger partial charge is 0.504 e. The Kier molecular flexibility index (Phi) is 8.02. The summed E-state index contributed by atoms with van der Waals surface area (Å²) in [4.78, 5) is 36.8. The summed E-state index contributed by atoms with van der Waals surface area (Å²) >= 11 is 0. The summed E-state index contributed by atoms with van der Waals surface area (Å²) in [6.45, 7) is 9.47. The Morgan fingerprint density at radius 3 is 2.40 bits per heavy atom. The van der Waals surface area contributed by atoms with Crippen LogP contribution in [0.2, 0.25) is 0 Å². The topological polar surface area (TPSA) is 130 Å². The molecule has 4 unspecified atom stereocenters. The van der Waals surface area contributed by atoms with Crippen LogP contribution in [0.15, 0.2) is 18.2 Å². The molecule has 2 bridgehead atoms. The van der Waals surface area contributed by atoms with Crippen molar-refractivity contribution in [1.29, 1.82) is 0 Å². The molecule has 194 valence electrons. The molecular formula is C27H40N2O6. The lowest BCUT2D eigenvalue weighted by atomic mass is 9.70. The van der Waals surface area contributed by atoms with Crippen LogP contribution < -0.4 is 5.73 Å². The molecule has 1 aromatic rings. The molecule has 35 heavy (non-hydrogen) atoms. The number of nitrogens with zero attached hydrogens (tertiary/aromatic N) is 1. The number of ether oxygens (including phenoxy) is 1. The second kappa shape index (κ2) is 10.5. The van der Waals surface area contributed by atoms with E-state index in [2.05, 4.69) is 20.8 Å². The van der Waals surface area contributed by atoms with Crippen LogP contribution in [0, 0.1) is 16.7 Å². The minimum Gasteiger partial charge on any atom is -0.504 e. The quantitative estimate of drug-likeness (QED) is 0.414. The average Bonchev–Trinajstić information content (AvgIpc) is 3.43. The molecule has 1 aliphatic heterocycles. The molecule has 4 atom stereocenters. The van der Waals surface area contributed by atoms with Crippen molar-refractivity contribution >= 4 is 17.8 Å². The molecule has 3 fully saturated rings. The van der Waals surface area contributed by atoms with Gasteiger partial charge in [0.05, 0.1) is 0 Å². The molecular weight excluding hydrogens is 448 g/mol. The highest BCUT2D eigenvalue weighted by Gasteiger charge is 2.63. The van der Waals surface area contributed by atoms with Crippen molar-refractivity contribution in [3.8, 4) is 11.5 Å². The van der Waals surface area contributed by atoms with Gasteiger partial charge in [-0.3, -0.25) is 9.59 Å². The van der Waals surface area contributed by atoms with E-state index < -0.39 is 0 Å². The Bertz CT molecular complexity index is 961. The van der Waals surface area contributed by atoms with Crippen molar-refractivity contribution in [1.82, 2.24) is 4.90 Å². The van der Waals surface area contributed by atoms with Crippen molar-refractivity contribution in [2.75, 3.05) is 6.54 Å². The normalized spacial score (nSPS) is 28.3. The molecule has 8 heteroatoms. The third-order valence-electron chi connectivity index (χ3n) is 8.82. The number of carbonyl (C=O) groups excluding carboxylic acids is 3. The number of esters is 1. The van der Waals surface area contributed by atoms with Crippen molar-refractivity contribution < 1.29 is 29.3 Å². The zero-order valence-corrected chi connectivity index (χ0v) is 21.4. The van der Waals surface area contributed by atoms with E-state index in [4.69, 9.17) is 20.7 Å². The maximum Gasteiger partial charge on any atom is 0.329 e. The van der Waals surface area contributed by atoms with Crippen LogP contribution in [-0.2, 0) is 25.5 Å². The number of carbonyl (C=O) groups is 3. The number of rotatable bonds is 6. The van der Waals surface area contributed by atoms with Gasteiger partial charge in [-0.25, -0.2) is 4.79 Å². The van der Waals surface area contributed by atoms with E-state index in [0.29, 0.717) is 25.3 Å². The lowest BCUT2D eigenvalue weighted by Crippen LogP contribution is -2.45. The van der Waals surface area contributed by atoms with E-state index in [1.807, 2.05) is 6.92 Å². The summed E-state index contributed by atoms with van der Waals surface area (Å²) in [5.41, 5.74) is 6.06. The van der Waals surface area contributed by atoms with Gasteiger partial charge in [-0.1, -0.05) is 33.8 Å². The molecule has 4 rings (SSSR count).